The molecule has 0 aliphatic heterocycles. The lowest BCUT2D eigenvalue weighted by molar-refractivity contribution is -0.149. The van der Waals surface area contributed by atoms with Gasteiger partial charge >= 0.3 is 11.9 Å². The molecule has 7 heteroatoms. The van der Waals surface area contributed by atoms with Crippen molar-refractivity contribution in [3.05, 3.63) is 114 Å². The third-order valence-electron chi connectivity index (χ3n) is 7.79. The zero-order valence-corrected chi connectivity index (χ0v) is 23.7. The first-order valence-electron chi connectivity index (χ1n) is 12.1. The van der Waals surface area contributed by atoms with Gasteiger partial charge in [0.25, 0.3) is 0 Å². The van der Waals surface area contributed by atoms with E-state index in [0.29, 0.717) is 12.8 Å². The van der Waals surface area contributed by atoms with E-state index in [2.05, 4.69) is 33.4 Å². The summed E-state index contributed by atoms with van der Waals surface area (Å²) in [5, 5.41) is 21.3. The number of aliphatic carboxylic acids is 2. The van der Waals surface area contributed by atoms with Crippen molar-refractivity contribution in [1.82, 2.24) is 0 Å². The quantitative estimate of drug-likeness (QED) is 0.252. The Morgan fingerprint density at radius 2 is 1.27 bits per heavy atom. The first-order valence-corrected chi connectivity index (χ1v) is 14.5. The predicted molar refractivity (Wildman–Crippen MR) is 152 cm³/mol. The van der Waals surface area contributed by atoms with Crippen molar-refractivity contribution in [1.29, 1.82) is 0 Å². The maximum atomic E-state index is 11.8. The Bertz CT molecular complexity index is 1440. The maximum absolute atomic E-state index is 11.8. The number of fused-ring (bicyclic) bond motifs is 2. The molecule has 4 aromatic rings. The Kier molecular flexibility index (Phi) is 6.90. The molecule has 37 heavy (non-hydrogen) atoms. The van der Waals surface area contributed by atoms with Crippen LogP contribution in [0.25, 0.3) is 0 Å². The molecule has 0 saturated heterocycles. The normalized spacial score (nSPS) is 25.6. The second-order valence-corrected chi connectivity index (χ2v) is 13.7. The number of halogens is 1. The fourth-order valence-electron chi connectivity index (χ4n) is 5.88. The Labute approximate surface area is 232 Å². The molecule has 0 saturated carbocycles. The van der Waals surface area contributed by atoms with E-state index in [1.807, 2.05) is 74.5 Å². The number of hydrogen-bond acceptors (Lipinski definition) is 4. The first kappa shape index (κ1) is 25.9. The topological polar surface area (TPSA) is 74.6 Å². The number of carboxylic acids is 2. The van der Waals surface area contributed by atoms with Gasteiger partial charge in [0.15, 0.2) is 0 Å². The van der Waals surface area contributed by atoms with Crippen LogP contribution < -0.4 is 0 Å². The van der Waals surface area contributed by atoms with Crippen molar-refractivity contribution in [3.8, 4) is 0 Å². The lowest BCUT2D eigenvalue weighted by atomic mass is 9.74. The Morgan fingerprint density at radius 3 is 1.78 bits per heavy atom. The third-order valence-corrected chi connectivity index (χ3v) is 10.4. The van der Waals surface area contributed by atoms with Crippen LogP contribution >= 0.6 is 38.6 Å². The largest absolute Gasteiger partial charge is 0.481 e. The van der Waals surface area contributed by atoms with Gasteiger partial charge in [0.1, 0.15) is 0 Å². The van der Waals surface area contributed by atoms with E-state index in [9.17, 15) is 19.8 Å². The van der Waals surface area contributed by atoms with Crippen LogP contribution in [0.3, 0.4) is 0 Å². The molecule has 2 aliphatic carbocycles. The molecule has 0 unspecified atom stereocenters. The molecule has 2 aromatic carbocycles. The van der Waals surface area contributed by atoms with Crippen LogP contribution in [0.1, 0.15) is 57.7 Å². The molecule has 0 fully saturated rings. The van der Waals surface area contributed by atoms with Gasteiger partial charge in [-0.15, -0.1) is 22.7 Å². The average molecular weight is 596 g/mol. The van der Waals surface area contributed by atoms with E-state index in [0.717, 1.165) is 20.5 Å². The number of carboxylic acid groups (broad SMARTS) is 2. The zero-order chi connectivity index (χ0) is 26.4. The summed E-state index contributed by atoms with van der Waals surface area (Å²) in [4.78, 5) is 25.8. The number of hydrogen-bond donors (Lipinski definition) is 2. The van der Waals surface area contributed by atoms with E-state index in [4.69, 9.17) is 0 Å². The van der Waals surface area contributed by atoms with Crippen molar-refractivity contribution >= 4 is 50.5 Å². The number of thiophene rings is 2. The van der Waals surface area contributed by atoms with Gasteiger partial charge in [-0.05, 0) is 82.4 Å². The summed E-state index contributed by atoms with van der Waals surface area (Å²) in [5.74, 6) is -1.53. The molecule has 2 aromatic heterocycles. The highest BCUT2D eigenvalue weighted by molar-refractivity contribution is 9.11. The Balaban J connectivity index is 0.000000152. The van der Waals surface area contributed by atoms with E-state index < -0.39 is 22.8 Å². The van der Waals surface area contributed by atoms with E-state index in [1.165, 1.54) is 15.3 Å². The molecular formula is C30H27BrO4S2. The average Bonchev–Trinajstić information content (AvgIpc) is 3.59. The summed E-state index contributed by atoms with van der Waals surface area (Å²) >= 11 is 6.82. The van der Waals surface area contributed by atoms with Crippen LogP contribution in [-0.4, -0.2) is 22.2 Å². The molecule has 4 atom stereocenters. The highest BCUT2D eigenvalue weighted by atomic mass is 79.9. The molecule has 2 N–H and O–H groups in total. The molecule has 0 spiro atoms. The zero-order valence-electron chi connectivity index (χ0n) is 20.5. The summed E-state index contributed by atoms with van der Waals surface area (Å²) in [5.41, 5.74) is 3.06. The van der Waals surface area contributed by atoms with Crippen LogP contribution in [0, 0.1) is 10.8 Å². The number of rotatable bonds is 4. The van der Waals surface area contributed by atoms with E-state index >= 15 is 0 Å². The van der Waals surface area contributed by atoms with Crippen molar-refractivity contribution in [2.24, 2.45) is 10.8 Å². The second-order valence-electron chi connectivity index (χ2n) is 10.2. The molecule has 190 valence electrons. The van der Waals surface area contributed by atoms with Crippen LogP contribution in [0.2, 0.25) is 0 Å². The summed E-state index contributed by atoms with van der Waals surface area (Å²) in [6, 6.07) is 24.1. The molecule has 0 bridgehead atoms. The Hall–Kier alpha value is -2.74. The van der Waals surface area contributed by atoms with Crippen LogP contribution in [-0.2, 0) is 22.4 Å². The standard InChI is InChI=1S/C15H13BrO2S.C15H14O2S/c1-15(14(17)18)8-11-10(7-12(16)19-11)13(15)9-5-3-2-4-6-9;1-15(14(16)17)9-12-11(7-8-18-12)13(15)10-5-3-2-4-6-10/h2-7,13H,8H2,1H3,(H,17,18);2-8,13H,9H2,1H3,(H,16,17)/t2*13-,15+/m11/s1. The maximum Gasteiger partial charge on any atom is 0.310 e. The third kappa shape index (κ3) is 4.47. The Morgan fingerprint density at radius 1 is 0.784 bits per heavy atom. The first-order chi connectivity index (χ1) is 17.6. The summed E-state index contributed by atoms with van der Waals surface area (Å²) < 4.78 is 1.07. The molecular weight excluding hydrogens is 568 g/mol. The van der Waals surface area contributed by atoms with Gasteiger partial charge in [0.05, 0.1) is 14.6 Å². The molecule has 0 amide bonds. The smallest absolute Gasteiger partial charge is 0.310 e. The lowest BCUT2D eigenvalue weighted by Crippen LogP contribution is -2.32. The SMILES string of the molecule is C[C@]1(C(=O)O)Cc2sc(Br)cc2[C@H]1c1ccccc1.C[C@]1(C(=O)O)Cc2sccc2[C@H]1c1ccccc1. The second kappa shape index (κ2) is 9.86. The monoisotopic (exact) mass is 594 g/mol. The summed E-state index contributed by atoms with van der Waals surface area (Å²) in [7, 11) is 0. The highest BCUT2D eigenvalue weighted by Crippen LogP contribution is 2.54. The van der Waals surface area contributed by atoms with Crippen LogP contribution in [0.5, 0.6) is 0 Å². The molecule has 0 radical (unpaired) electrons. The van der Waals surface area contributed by atoms with Crippen molar-refractivity contribution in [2.75, 3.05) is 0 Å². The highest BCUT2D eigenvalue weighted by Gasteiger charge is 2.50. The van der Waals surface area contributed by atoms with Crippen molar-refractivity contribution in [3.63, 3.8) is 0 Å². The molecule has 2 aliphatic rings. The summed E-state index contributed by atoms with van der Waals surface area (Å²) in [6.07, 6.45) is 1.24. The lowest BCUT2D eigenvalue weighted by Gasteiger charge is -2.28. The van der Waals surface area contributed by atoms with Gasteiger partial charge in [0.2, 0.25) is 0 Å². The fraction of sp³-hybridized carbons (Fsp3) is 0.267. The van der Waals surface area contributed by atoms with Gasteiger partial charge in [-0.25, -0.2) is 0 Å². The van der Waals surface area contributed by atoms with Gasteiger partial charge in [0, 0.05) is 21.6 Å². The van der Waals surface area contributed by atoms with Gasteiger partial charge in [-0.1, -0.05) is 60.7 Å². The van der Waals surface area contributed by atoms with E-state index in [-0.39, 0.29) is 11.8 Å². The minimum Gasteiger partial charge on any atom is -0.481 e. The molecule has 2 heterocycles. The van der Waals surface area contributed by atoms with Crippen LogP contribution in [0.15, 0.2) is 82.0 Å². The fourth-order valence-corrected chi connectivity index (χ4v) is 8.89. The molecule has 6 rings (SSSR count). The predicted octanol–water partition coefficient (Wildman–Crippen LogP) is 7.82. The molecule has 4 nitrogen and oxygen atoms in total. The van der Waals surface area contributed by atoms with Gasteiger partial charge in [-0.2, -0.15) is 0 Å². The van der Waals surface area contributed by atoms with E-state index in [1.54, 1.807) is 22.7 Å². The number of carbonyl (C=O) groups is 2. The minimum absolute atomic E-state index is 0.0301. The van der Waals surface area contributed by atoms with Gasteiger partial charge in [-0.3, -0.25) is 9.59 Å². The summed E-state index contributed by atoms with van der Waals surface area (Å²) in [6.45, 7) is 3.72. The van der Waals surface area contributed by atoms with Gasteiger partial charge < -0.3 is 10.2 Å². The van der Waals surface area contributed by atoms with Crippen molar-refractivity contribution < 1.29 is 19.8 Å². The number of benzene rings is 2. The van der Waals surface area contributed by atoms with Crippen LogP contribution in [0.4, 0.5) is 0 Å². The van der Waals surface area contributed by atoms with Crippen molar-refractivity contribution in [2.45, 2.75) is 38.5 Å². The minimum atomic E-state index is -0.747.